The van der Waals surface area contributed by atoms with Crippen molar-refractivity contribution < 1.29 is 9.90 Å². The molecule has 1 aromatic carbocycles. The lowest BCUT2D eigenvalue weighted by Crippen LogP contribution is -2.49. The van der Waals surface area contributed by atoms with Crippen molar-refractivity contribution in [3.63, 3.8) is 0 Å². The van der Waals surface area contributed by atoms with Gasteiger partial charge in [-0.05, 0) is 24.8 Å². The highest BCUT2D eigenvalue weighted by Gasteiger charge is 2.34. The number of benzene rings is 1. The third-order valence-corrected chi connectivity index (χ3v) is 4.66. The van der Waals surface area contributed by atoms with E-state index in [1.54, 1.807) is 0 Å². The number of hydrogen-bond donors (Lipinski definition) is 1. The molecule has 0 fully saturated rings. The highest BCUT2D eigenvalue weighted by molar-refractivity contribution is 5.73. The molecule has 1 aliphatic rings. The van der Waals surface area contributed by atoms with Crippen LogP contribution in [0.4, 0.5) is 0 Å². The number of aliphatic carboxylic acids is 1. The highest BCUT2D eigenvalue weighted by atomic mass is 16.4. The maximum atomic E-state index is 11.7. The maximum Gasteiger partial charge on any atom is 0.322 e. The molecule has 1 aromatic heterocycles. The van der Waals surface area contributed by atoms with Crippen LogP contribution in [0.5, 0.6) is 0 Å². The minimum atomic E-state index is -0.785. The first-order valence-corrected chi connectivity index (χ1v) is 8.00. The Hall–Kier alpha value is -2.21. The maximum absolute atomic E-state index is 11.7. The number of fused-ring (bicyclic) bond motifs is 1. The van der Waals surface area contributed by atoms with Gasteiger partial charge in [-0.3, -0.25) is 9.69 Å². The number of aryl methyl sites for hydroxylation is 1. The number of carboxylic acids is 1. The van der Waals surface area contributed by atoms with Crippen molar-refractivity contribution in [1.29, 1.82) is 0 Å². The van der Waals surface area contributed by atoms with Gasteiger partial charge >= 0.3 is 5.97 Å². The van der Waals surface area contributed by atoms with E-state index in [2.05, 4.69) is 29.3 Å². The quantitative estimate of drug-likeness (QED) is 0.914. The van der Waals surface area contributed by atoms with E-state index < -0.39 is 12.0 Å². The fourth-order valence-corrected chi connectivity index (χ4v) is 3.26. The van der Waals surface area contributed by atoms with E-state index in [0.29, 0.717) is 25.6 Å². The lowest BCUT2D eigenvalue weighted by atomic mass is 9.95. The van der Waals surface area contributed by atoms with Gasteiger partial charge < -0.3 is 9.67 Å². The minimum Gasteiger partial charge on any atom is -0.480 e. The first kappa shape index (κ1) is 15.7. The van der Waals surface area contributed by atoms with Gasteiger partial charge in [-0.15, -0.1) is 10.2 Å². The van der Waals surface area contributed by atoms with Crippen LogP contribution in [0.1, 0.15) is 36.5 Å². The summed E-state index contributed by atoms with van der Waals surface area (Å²) in [6, 6.07) is 9.75. The van der Waals surface area contributed by atoms with Crippen LogP contribution in [-0.2, 0) is 17.9 Å². The second-order valence-corrected chi connectivity index (χ2v) is 6.07. The Balaban J connectivity index is 1.83. The molecule has 2 unspecified atom stereocenters. The SMILES string of the molecule is CCC(CN1Cc2nnc(C)n2CC1C(=O)O)c1ccccc1. The van der Waals surface area contributed by atoms with Crippen molar-refractivity contribution in [3.05, 3.63) is 47.5 Å². The van der Waals surface area contributed by atoms with Crippen molar-refractivity contribution in [2.75, 3.05) is 6.54 Å². The molecule has 0 spiro atoms. The molecule has 0 amide bonds. The lowest BCUT2D eigenvalue weighted by Gasteiger charge is -2.35. The van der Waals surface area contributed by atoms with Crippen LogP contribution in [0, 0.1) is 6.92 Å². The van der Waals surface area contributed by atoms with Crippen LogP contribution in [0.3, 0.4) is 0 Å². The van der Waals surface area contributed by atoms with Crippen molar-refractivity contribution in [1.82, 2.24) is 19.7 Å². The average molecular weight is 314 g/mol. The summed E-state index contributed by atoms with van der Waals surface area (Å²) in [5, 5.41) is 17.9. The molecular weight excluding hydrogens is 292 g/mol. The Morgan fingerprint density at radius 3 is 2.74 bits per heavy atom. The third-order valence-electron chi connectivity index (χ3n) is 4.66. The Labute approximate surface area is 135 Å². The van der Waals surface area contributed by atoms with Gasteiger partial charge in [-0.1, -0.05) is 37.3 Å². The zero-order chi connectivity index (χ0) is 16.4. The van der Waals surface area contributed by atoms with Gasteiger partial charge in [0, 0.05) is 6.54 Å². The Morgan fingerprint density at radius 2 is 2.09 bits per heavy atom. The number of carboxylic acid groups (broad SMARTS) is 1. The second kappa shape index (κ2) is 6.50. The van der Waals surface area contributed by atoms with Crippen LogP contribution in [0.2, 0.25) is 0 Å². The molecule has 2 heterocycles. The average Bonchev–Trinajstić information content (AvgIpc) is 2.93. The molecule has 6 nitrogen and oxygen atoms in total. The molecule has 1 aliphatic heterocycles. The molecule has 23 heavy (non-hydrogen) atoms. The summed E-state index contributed by atoms with van der Waals surface area (Å²) in [5.74, 6) is 1.16. The van der Waals surface area contributed by atoms with Crippen LogP contribution >= 0.6 is 0 Å². The number of nitrogens with zero attached hydrogens (tertiary/aromatic N) is 4. The summed E-state index contributed by atoms with van der Waals surface area (Å²) in [7, 11) is 0. The molecule has 0 radical (unpaired) electrons. The standard InChI is InChI=1S/C17H22N4O2/c1-3-13(14-7-5-4-6-8-14)9-20-11-16-19-18-12(2)21(16)10-15(20)17(22)23/h4-8,13,15H,3,9-11H2,1-2H3,(H,22,23). The fourth-order valence-electron chi connectivity index (χ4n) is 3.26. The van der Waals surface area contributed by atoms with E-state index in [1.807, 2.05) is 34.6 Å². The predicted octanol–water partition coefficient (Wildman–Crippen LogP) is 2.05. The van der Waals surface area contributed by atoms with Gasteiger partial charge in [0.25, 0.3) is 0 Å². The number of carbonyl (C=O) groups is 1. The number of rotatable bonds is 5. The summed E-state index contributed by atoms with van der Waals surface area (Å²) in [6.45, 7) is 5.66. The normalized spacial score (nSPS) is 19.3. The molecule has 6 heteroatoms. The van der Waals surface area contributed by atoms with E-state index in [9.17, 15) is 9.90 Å². The monoisotopic (exact) mass is 314 g/mol. The fraction of sp³-hybridized carbons (Fsp3) is 0.471. The van der Waals surface area contributed by atoms with E-state index in [1.165, 1.54) is 5.56 Å². The van der Waals surface area contributed by atoms with Crippen LogP contribution in [-0.4, -0.2) is 43.3 Å². The van der Waals surface area contributed by atoms with Crippen molar-refractivity contribution in [3.8, 4) is 0 Å². The van der Waals surface area contributed by atoms with Gasteiger partial charge in [0.05, 0.1) is 13.1 Å². The summed E-state index contributed by atoms with van der Waals surface area (Å²) >= 11 is 0. The smallest absolute Gasteiger partial charge is 0.322 e. The first-order valence-electron chi connectivity index (χ1n) is 8.00. The predicted molar refractivity (Wildman–Crippen MR) is 86.1 cm³/mol. The largest absolute Gasteiger partial charge is 0.480 e. The Morgan fingerprint density at radius 1 is 1.35 bits per heavy atom. The molecule has 1 N–H and O–H groups in total. The lowest BCUT2D eigenvalue weighted by molar-refractivity contribution is -0.145. The number of aromatic nitrogens is 3. The molecule has 0 saturated heterocycles. The second-order valence-electron chi connectivity index (χ2n) is 6.07. The molecular formula is C17H22N4O2. The summed E-state index contributed by atoms with van der Waals surface area (Å²) < 4.78 is 1.92. The highest BCUT2D eigenvalue weighted by Crippen LogP contribution is 2.25. The van der Waals surface area contributed by atoms with Gasteiger partial charge in [0.1, 0.15) is 17.7 Å². The van der Waals surface area contributed by atoms with E-state index in [0.717, 1.165) is 18.1 Å². The van der Waals surface area contributed by atoms with E-state index in [-0.39, 0.29) is 0 Å². The van der Waals surface area contributed by atoms with Crippen LogP contribution in [0.25, 0.3) is 0 Å². The molecule has 0 aliphatic carbocycles. The summed E-state index contributed by atoms with van der Waals surface area (Å²) in [5.41, 5.74) is 1.25. The summed E-state index contributed by atoms with van der Waals surface area (Å²) in [6.07, 6.45) is 0.971. The number of hydrogen-bond acceptors (Lipinski definition) is 4. The molecule has 122 valence electrons. The zero-order valence-electron chi connectivity index (χ0n) is 13.5. The molecule has 2 aromatic rings. The van der Waals surface area contributed by atoms with Gasteiger partial charge in [-0.2, -0.15) is 0 Å². The molecule has 3 rings (SSSR count). The Kier molecular flexibility index (Phi) is 4.43. The first-order chi connectivity index (χ1) is 11.1. The van der Waals surface area contributed by atoms with Gasteiger partial charge in [0.15, 0.2) is 0 Å². The minimum absolute atomic E-state index is 0.314. The topological polar surface area (TPSA) is 71.2 Å². The summed E-state index contributed by atoms with van der Waals surface area (Å²) in [4.78, 5) is 13.7. The van der Waals surface area contributed by atoms with E-state index in [4.69, 9.17) is 0 Å². The van der Waals surface area contributed by atoms with E-state index >= 15 is 0 Å². The van der Waals surface area contributed by atoms with Gasteiger partial charge in [0.2, 0.25) is 0 Å². The van der Waals surface area contributed by atoms with Crippen LogP contribution < -0.4 is 0 Å². The zero-order valence-corrected chi connectivity index (χ0v) is 13.5. The van der Waals surface area contributed by atoms with Gasteiger partial charge in [-0.25, -0.2) is 0 Å². The Bertz CT molecular complexity index is 683. The van der Waals surface area contributed by atoms with Crippen LogP contribution in [0.15, 0.2) is 30.3 Å². The molecule has 2 atom stereocenters. The van der Waals surface area contributed by atoms with Crippen molar-refractivity contribution in [2.45, 2.75) is 45.3 Å². The van der Waals surface area contributed by atoms with Crippen molar-refractivity contribution >= 4 is 5.97 Å². The van der Waals surface area contributed by atoms with Crippen molar-refractivity contribution in [2.24, 2.45) is 0 Å². The third kappa shape index (κ3) is 3.12. The molecule has 0 bridgehead atoms. The molecule has 0 saturated carbocycles.